The van der Waals surface area contributed by atoms with Crippen LogP contribution in [0.25, 0.3) is 0 Å². The van der Waals surface area contributed by atoms with Crippen LogP contribution in [0.1, 0.15) is 27.2 Å². The van der Waals surface area contributed by atoms with E-state index in [1.165, 1.54) is 0 Å². The number of hydrogen-bond acceptors (Lipinski definition) is 3. The zero-order valence-electron chi connectivity index (χ0n) is 9.25. The third-order valence-electron chi connectivity index (χ3n) is 1.83. The van der Waals surface area contributed by atoms with E-state index < -0.39 is 0 Å². The smallest absolute Gasteiger partial charge is 0.234 e. The van der Waals surface area contributed by atoms with Crippen molar-refractivity contribution in [2.45, 2.75) is 33.2 Å². The van der Waals surface area contributed by atoms with E-state index in [0.717, 1.165) is 12.8 Å². The molecule has 4 heteroatoms. The highest BCUT2D eigenvalue weighted by Gasteiger charge is 2.08. The van der Waals surface area contributed by atoms with Crippen LogP contribution < -0.4 is 5.32 Å². The summed E-state index contributed by atoms with van der Waals surface area (Å²) < 4.78 is 0. The van der Waals surface area contributed by atoms with Crippen molar-refractivity contribution < 1.29 is 9.59 Å². The third kappa shape index (κ3) is 6.60. The fourth-order valence-electron chi connectivity index (χ4n) is 1.15. The number of likely N-dealkylation sites (N-methyl/N-ethyl adjacent to an activating group) is 1. The van der Waals surface area contributed by atoms with Crippen molar-refractivity contribution in [3.63, 3.8) is 0 Å². The lowest BCUT2D eigenvalue weighted by atomic mass is 10.3. The van der Waals surface area contributed by atoms with Gasteiger partial charge in [0.1, 0.15) is 6.29 Å². The van der Waals surface area contributed by atoms with Crippen molar-refractivity contribution >= 4 is 12.2 Å². The van der Waals surface area contributed by atoms with Crippen molar-refractivity contribution in [3.05, 3.63) is 0 Å². The average Bonchev–Trinajstić information content (AvgIpc) is 2.10. The maximum Gasteiger partial charge on any atom is 0.234 e. The van der Waals surface area contributed by atoms with E-state index >= 15 is 0 Å². The number of carbonyl (C=O) groups excluding carboxylic acids is 2. The maximum atomic E-state index is 11.3. The molecule has 1 amide bonds. The summed E-state index contributed by atoms with van der Waals surface area (Å²) >= 11 is 0. The van der Waals surface area contributed by atoms with Crippen LogP contribution in [0.3, 0.4) is 0 Å². The second-order valence-corrected chi connectivity index (χ2v) is 3.55. The molecule has 0 aromatic carbocycles. The quantitative estimate of drug-likeness (QED) is 0.606. The van der Waals surface area contributed by atoms with Gasteiger partial charge in [0.15, 0.2) is 0 Å². The van der Waals surface area contributed by atoms with Crippen molar-refractivity contribution in [2.24, 2.45) is 0 Å². The van der Waals surface area contributed by atoms with Crippen LogP contribution in [0.15, 0.2) is 0 Å². The van der Waals surface area contributed by atoms with Crippen molar-refractivity contribution in [1.82, 2.24) is 10.2 Å². The Balaban J connectivity index is 3.79. The van der Waals surface area contributed by atoms with Crippen molar-refractivity contribution in [3.8, 4) is 0 Å². The van der Waals surface area contributed by atoms with E-state index in [9.17, 15) is 9.59 Å². The molecule has 0 rings (SSSR count). The summed E-state index contributed by atoms with van der Waals surface area (Å²) in [7, 11) is 0. The average molecular weight is 200 g/mol. The Labute approximate surface area is 85.7 Å². The highest BCUT2D eigenvalue weighted by atomic mass is 16.2. The van der Waals surface area contributed by atoms with E-state index in [1.54, 1.807) is 0 Å². The van der Waals surface area contributed by atoms with E-state index in [1.807, 2.05) is 25.7 Å². The standard InChI is InChI=1S/C10H20N2O2/c1-4-12(6-5-7-13)8-10(14)11-9(2)3/h7,9H,4-6,8H2,1-3H3,(H,11,14). The van der Waals surface area contributed by atoms with E-state index in [0.29, 0.717) is 19.5 Å². The lowest BCUT2D eigenvalue weighted by Crippen LogP contribution is -2.40. The van der Waals surface area contributed by atoms with E-state index in [4.69, 9.17) is 0 Å². The Kier molecular flexibility index (Phi) is 7.02. The summed E-state index contributed by atoms with van der Waals surface area (Å²) in [5.41, 5.74) is 0. The number of carbonyl (C=O) groups is 2. The second kappa shape index (κ2) is 7.50. The lowest BCUT2D eigenvalue weighted by Gasteiger charge is -2.19. The molecule has 0 aliphatic rings. The lowest BCUT2D eigenvalue weighted by molar-refractivity contribution is -0.123. The maximum absolute atomic E-state index is 11.3. The first-order valence-corrected chi connectivity index (χ1v) is 5.05. The Morgan fingerprint density at radius 3 is 2.57 bits per heavy atom. The Morgan fingerprint density at radius 1 is 1.50 bits per heavy atom. The predicted molar refractivity (Wildman–Crippen MR) is 56.1 cm³/mol. The molecule has 0 radical (unpaired) electrons. The van der Waals surface area contributed by atoms with Crippen LogP contribution in [0, 0.1) is 0 Å². The normalized spacial score (nSPS) is 10.6. The molecule has 82 valence electrons. The van der Waals surface area contributed by atoms with Crippen LogP contribution in [-0.2, 0) is 9.59 Å². The van der Waals surface area contributed by atoms with Crippen molar-refractivity contribution in [1.29, 1.82) is 0 Å². The highest BCUT2D eigenvalue weighted by Crippen LogP contribution is 1.90. The van der Waals surface area contributed by atoms with Gasteiger partial charge in [0.2, 0.25) is 5.91 Å². The molecule has 4 nitrogen and oxygen atoms in total. The van der Waals surface area contributed by atoms with Gasteiger partial charge in [-0.2, -0.15) is 0 Å². The zero-order valence-corrected chi connectivity index (χ0v) is 9.25. The van der Waals surface area contributed by atoms with Gasteiger partial charge in [-0.1, -0.05) is 6.92 Å². The Bertz CT molecular complexity index is 181. The first-order chi connectivity index (χ1) is 6.60. The molecule has 0 atom stereocenters. The largest absolute Gasteiger partial charge is 0.353 e. The molecule has 0 heterocycles. The number of rotatable bonds is 7. The molecule has 0 aliphatic carbocycles. The minimum absolute atomic E-state index is 0.0211. The monoisotopic (exact) mass is 200 g/mol. The number of nitrogens with zero attached hydrogens (tertiary/aromatic N) is 1. The third-order valence-corrected chi connectivity index (χ3v) is 1.83. The van der Waals surface area contributed by atoms with Crippen LogP contribution in [0.5, 0.6) is 0 Å². The second-order valence-electron chi connectivity index (χ2n) is 3.55. The van der Waals surface area contributed by atoms with Gasteiger partial charge in [-0.15, -0.1) is 0 Å². The van der Waals surface area contributed by atoms with Gasteiger partial charge >= 0.3 is 0 Å². The fraction of sp³-hybridized carbons (Fsp3) is 0.800. The van der Waals surface area contributed by atoms with E-state index in [-0.39, 0.29) is 11.9 Å². The molecule has 1 N–H and O–H groups in total. The van der Waals surface area contributed by atoms with Crippen LogP contribution >= 0.6 is 0 Å². The molecule has 0 fully saturated rings. The van der Waals surface area contributed by atoms with Gasteiger partial charge in [0, 0.05) is 19.0 Å². The topological polar surface area (TPSA) is 49.4 Å². The van der Waals surface area contributed by atoms with Crippen LogP contribution in [0.4, 0.5) is 0 Å². The number of hydrogen-bond donors (Lipinski definition) is 1. The van der Waals surface area contributed by atoms with Gasteiger partial charge in [-0.05, 0) is 20.4 Å². The summed E-state index contributed by atoms with van der Waals surface area (Å²) in [6.45, 7) is 7.67. The summed E-state index contributed by atoms with van der Waals surface area (Å²) in [6, 6.07) is 0.173. The molecule has 0 saturated heterocycles. The Hall–Kier alpha value is -0.900. The molecule has 0 aromatic rings. The SMILES string of the molecule is CCN(CCC=O)CC(=O)NC(C)C. The molecule has 0 bridgehead atoms. The van der Waals surface area contributed by atoms with Gasteiger partial charge in [-0.25, -0.2) is 0 Å². The van der Waals surface area contributed by atoms with Crippen LogP contribution in [0.2, 0.25) is 0 Å². The van der Waals surface area contributed by atoms with Gasteiger partial charge in [0.25, 0.3) is 0 Å². The molecule has 0 aromatic heterocycles. The first-order valence-electron chi connectivity index (χ1n) is 5.05. The molecule has 14 heavy (non-hydrogen) atoms. The molecular formula is C10H20N2O2. The van der Waals surface area contributed by atoms with Gasteiger partial charge < -0.3 is 10.1 Å². The molecule has 0 spiro atoms. The van der Waals surface area contributed by atoms with Crippen molar-refractivity contribution in [2.75, 3.05) is 19.6 Å². The number of aldehydes is 1. The molecule has 0 saturated carbocycles. The fourth-order valence-corrected chi connectivity index (χ4v) is 1.15. The Morgan fingerprint density at radius 2 is 2.14 bits per heavy atom. The molecular weight excluding hydrogens is 180 g/mol. The van der Waals surface area contributed by atoms with Crippen LogP contribution in [-0.4, -0.2) is 42.8 Å². The first kappa shape index (κ1) is 13.1. The predicted octanol–water partition coefficient (Wildman–Crippen LogP) is 0.422. The van der Waals surface area contributed by atoms with E-state index in [2.05, 4.69) is 5.32 Å². The molecule has 0 unspecified atom stereocenters. The summed E-state index contributed by atoms with van der Waals surface area (Å²) in [5, 5.41) is 2.82. The molecule has 0 aliphatic heterocycles. The van der Waals surface area contributed by atoms with Gasteiger partial charge in [-0.3, -0.25) is 9.69 Å². The summed E-state index contributed by atoms with van der Waals surface area (Å²) in [6.07, 6.45) is 1.37. The summed E-state index contributed by atoms with van der Waals surface area (Å²) in [4.78, 5) is 23.5. The summed E-state index contributed by atoms with van der Waals surface area (Å²) in [5.74, 6) is 0.0211. The number of amides is 1. The zero-order chi connectivity index (χ0) is 11.0. The highest BCUT2D eigenvalue weighted by molar-refractivity contribution is 5.78. The minimum Gasteiger partial charge on any atom is -0.353 e. The minimum atomic E-state index is 0.0211. The van der Waals surface area contributed by atoms with Gasteiger partial charge in [0.05, 0.1) is 6.54 Å². The number of nitrogens with one attached hydrogen (secondary N) is 1.